The summed E-state index contributed by atoms with van der Waals surface area (Å²) in [4.78, 5) is 30.0. The predicted molar refractivity (Wildman–Crippen MR) is 120 cm³/mol. The maximum Gasteiger partial charge on any atom is 0.360 e. The molecule has 3 rings (SSSR count). The van der Waals surface area contributed by atoms with E-state index < -0.39 is 24.1 Å². The van der Waals surface area contributed by atoms with Crippen LogP contribution in [0.1, 0.15) is 25.0 Å². The number of fused-ring (bicyclic) bond motifs is 1. The summed E-state index contributed by atoms with van der Waals surface area (Å²) in [6.07, 6.45) is -2.91. The quantitative estimate of drug-likeness (QED) is 0.169. The van der Waals surface area contributed by atoms with E-state index in [2.05, 4.69) is 0 Å². The van der Waals surface area contributed by atoms with Crippen molar-refractivity contribution in [1.29, 1.82) is 10.8 Å². The molecule has 0 radical (unpaired) electrons. The van der Waals surface area contributed by atoms with Crippen LogP contribution in [0.4, 0.5) is 0 Å². The number of aliphatic hydroxyl groups is 2. The smallest absolute Gasteiger partial charge is 0.360 e. The minimum absolute atomic E-state index is 0.0273. The first kappa shape index (κ1) is 23.4. The van der Waals surface area contributed by atoms with E-state index in [9.17, 15) is 19.8 Å². The van der Waals surface area contributed by atoms with Crippen LogP contribution < -0.4 is 21.0 Å². The highest BCUT2D eigenvalue weighted by atomic mass is 16.7. The van der Waals surface area contributed by atoms with E-state index in [0.29, 0.717) is 10.9 Å². The van der Waals surface area contributed by atoms with Gasteiger partial charge < -0.3 is 31.3 Å². The number of nitrogens with zero attached hydrogens (tertiary/aromatic N) is 1. The van der Waals surface area contributed by atoms with E-state index in [1.54, 1.807) is 24.3 Å². The standard InChI is InChI=1S/C22H23N5O6/c1-10(28)21(30)32-18-14-5-3-4-6-16(14)27(33-22(31)11(2)29)17(18)13-8-7-12(19(23)24)9-15(13)20(25)26/h3-11,28-29H,1-2H3,(H3,23,24)(H3,25,26). The van der Waals surface area contributed by atoms with Gasteiger partial charge in [-0.15, -0.1) is 0 Å². The third kappa shape index (κ3) is 4.54. The highest BCUT2D eigenvalue weighted by molar-refractivity contribution is 6.07. The number of esters is 1. The van der Waals surface area contributed by atoms with Gasteiger partial charge in [0.05, 0.1) is 5.52 Å². The average Bonchev–Trinajstić information content (AvgIpc) is 3.06. The van der Waals surface area contributed by atoms with Crippen LogP contribution in [0, 0.1) is 10.8 Å². The van der Waals surface area contributed by atoms with Crippen LogP contribution in [-0.2, 0) is 9.59 Å². The molecule has 0 aliphatic heterocycles. The van der Waals surface area contributed by atoms with Gasteiger partial charge >= 0.3 is 11.9 Å². The third-order valence-corrected chi connectivity index (χ3v) is 4.73. The lowest BCUT2D eigenvalue weighted by molar-refractivity contribution is -0.152. The van der Waals surface area contributed by atoms with Crippen LogP contribution >= 0.6 is 0 Å². The molecule has 0 saturated carbocycles. The summed E-state index contributed by atoms with van der Waals surface area (Å²) in [5.41, 5.74) is 12.3. The van der Waals surface area contributed by atoms with Gasteiger partial charge in [-0.05, 0) is 32.0 Å². The second kappa shape index (κ2) is 9.10. The average molecular weight is 453 g/mol. The van der Waals surface area contributed by atoms with Crippen molar-refractivity contribution in [3.05, 3.63) is 53.6 Å². The Kier molecular flexibility index (Phi) is 6.47. The first-order chi connectivity index (χ1) is 15.5. The van der Waals surface area contributed by atoms with Crippen LogP contribution in [0.3, 0.4) is 0 Å². The summed E-state index contributed by atoms with van der Waals surface area (Å²) in [5, 5.41) is 35.4. The Bertz CT molecular complexity index is 1220. The number of carbonyl (C=O) groups is 2. The van der Waals surface area contributed by atoms with Crippen LogP contribution in [0.25, 0.3) is 22.2 Å². The molecular formula is C22H23N5O6. The Morgan fingerprint density at radius 1 is 0.970 bits per heavy atom. The maximum absolute atomic E-state index is 12.3. The number of amidine groups is 2. The van der Waals surface area contributed by atoms with Gasteiger partial charge in [-0.25, -0.2) is 9.59 Å². The van der Waals surface area contributed by atoms with Crippen molar-refractivity contribution in [2.24, 2.45) is 11.5 Å². The molecule has 0 fully saturated rings. The summed E-state index contributed by atoms with van der Waals surface area (Å²) < 4.78 is 6.53. The predicted octanol–water partition coefficient (Wildman–Crippen LogP) is 0.499. The van der Waals surface area contributed by atoms with E-state index in [0.717, 1.165) is 4.73 Å². The highest BCUT2D eigenvalue weighted by Gasteiger charge is 2.28. The molecular weight excluding hydrogens is 430 g/mol. The van der Waals surface area contributed by atoms with E-state index in [4.69, 9.17) is 31.9 Å². The Labute approximate surface area is 188 Å². The number of benzene rings is 2. The maximum atomic E-state index is 12.3. The van der Waals surface area contributed by atoms with Crippen LogP contribution in [0.5, 0.6) is 5.75 Å². The van der Waals surface area contributed by atoms with Crippen molar-refractivity contribution in [1.82, 2.24) is 4.73 Å². The molecule has 2 aromatic carbocycles. The minimum Gasteiger partial charge on any atom is -0.421 e. The third-order valence-electron chi connectivity index (χ3n) is 4.73. The van der Waals surface area contributed by atoms with Crippen molar-refractivity contribution in [3.63, 3.8) is 0 Å². The fraction of sp³-hybridized carbons (Fsp3) is 0.182. The molecule has 0 spiro atoms. The summed E-state index contributed by atoms with van der Waals surface area (Å²) in [6.45, 7) is 2.46. The van der Waals surface area contributed by atoms with Gasteiger partial charge in [0.2, 0.25) is 0 Å². The lowest BCUT2D eigenvalue weighted by Crippen LogP contribution is -2.29. The van der Waals surface area contributed by atoms with E-state index in [-0.39, 0.29) is 39.8 Å². The van der Waals surface area contributed by atoms with Gasteiger partial charge in [-0.2, -0.15) is 4.73 Å². The second-order valence-electron chi connectivity index (χ2n) is 7.26. The summed E-state index contributed by atoms with van der Waals surface area (Å²) in [6, 6.07) is 10.9. The molecule has 8 N–H and O–H groups in total. The van der Waals surface area contributed by atoms with E-state index in [1.165, 1.54) is 32.0 Å². The number of nitrogens with one attached hydrogen (secondary N) is 2. The number of aliphatic hydroxyl groups excluding tert-OH is 2. The van der Waals surface area contributed by atoms with Crippen LogP contribution in [-0.4, -0.2) is 50.8 Å². The number of rotatable bonds is 7. The minimum atomic E-state index is -1.46. The molecule has 0 aliphatic carbocycles. The monoisotopic (exact) mass is 453 g/mol. The fourth-order valence-electron chi connectivity index (χ4n) is 3.11. The zero-order valence-electron chi connectivity index (χ0n) is 17.8. The largest absolute Gasteiger partial charge is 0.421 e. The molecule has 2 unspecified atom stereocenters. The highest BCUT2D eigenvalue weighted by Crippen LogP contribution is 2.41. The number of nitrogens with two attached hydrogens (primary N) is 2. The number of ether oxygens (including phenoxy) is 1. The van der Waals surface area contributed by atoms with Crippen LogP contribution in [0.15, 0.2) is 42.5 Å². The van der Waals surface area contributed by atoms with Gasteiger partial charge in [0.15, 0.2) is 11.9 Å². The number of carbonyl (C=O) groups excluding carboxylic acids is 2. The Hall–Kier alpha value is -4.22. The molecule has 11 nitrogen and oxygen atoms in total. The Balaban J connectivity index is 2.42. The van der Waals surface area contributed by atoms with E-state index >= 15 is 0 Å². The molecule has 0 amide bonds. The zero-order valence-corrected chi connectivity index (χ0v) is 17.8. The lowest BCUT2D eigenvalue weighted by atomic mass is 9.99. The summed E-state index contributed by atoms with van der Waals surface area (Å²) >= 11 is 0. The van der Waals surface area contributed by atoms with Crippen molar-refractivity contribution >= 4 is 34.5 Å². The number of aromatic nitrogens is 1. The molecule has 0 saturated heterocycles. The zero-order chi connectivity index (χ0) is 24.4. The molecule has 1 heterocycles. The number of para-hydroxylation sites is 1. The Morgan fingerprint density at radius 2 is 1.61 bits per heavy atom. The lowest BCUT2D eigenvalue weighted by Gasteiger charge is -2.16. The van der Waals surface area contributed by atoms with Gasteiger partial charge in [-0.1, -0.05) is 24.3 Å². The normalized spacial score (nSPS) is 12.7. The van der Waals surface area contributed by atoms with Gasteiger partial charge in [-0.3, -0.25) is 10.8 Å². The van der Waals surface area contributed by atoms with Gasteiger partial charge in [0.25, 0.3) is 0 Å². The fourth-order valence-corrected chi connectivity index (χ4v) is 3.11. The van der Waals surface area contributed by atoms with Crippen molar-refractivity contribution in [2.75, 3.05) is 0 Å². The molecule has 2 atom stereocenters. The SMILES string of the molecule is CC(O)C(=O)Oc1c(-c2ccc(C(=N)N)cc2C(=N)N)n(OC(=O)C(C)O)c2ccccc12. The van der Waals surface area contributed by atoms with Gasteiger partial charge in [0, 0.05) is 22.1 Å². The van der Waals surface area contributed by atoms with Crippen molar-refractivity contribution in [3.8, 4) is 17.0 Å². The molecule has 0 bridgehead atoms. The van der Waals surface area contributed by atoms with E-state index in [1.807, 2.05) is 0 Å². The number of nitrogen functional groups attached to an aromatic ring is 2. The molecule has 3 aromatic rings. The molecule has 172 valence electrons. The summed E-state index contributed by atoms with van der Waals surface area (Å²) in [7, 11) is 0. The second-order valence-corrected chi connectivity index (χ2v) is 7.26. The summed E-state index contributed by atoms with van der Waals surface area (Å²) in [5.74, 6) is -2.67. The molecule has 1 aromatic heterocycles. The molecule has 33 heavy (non-hydrogen) atoms. The van der Waals surface area contributed by atoms with Gasteiger partial charge in [0.1, 0.15) is 23.5 Å². The first-order valence-electron chi connectivity index (χ1n) is 9.79. The molecule has 11 heteroatoms. The van der Waals surface area contributed by atoms with Crippen LogP contribution in [0.2, 0.25) is 0 Å². The topological polar surface area (TPSA) is 198 Å². The number of hydrogen-bond donors (Lipinski definition) is 6. The van der Waals surface area contributed by atoms with Crippen molar-refractivity contribution < 1.29 is 29.4 Å². The first-order valence-corrected chi connectivity index (χ1v) is 9.79. The number of hydrogen-bond acceptors (Lipinski definition) is 8. The van der Waals surface area contributed by atoms with Crippen molar-refractivity contribution in [2.45, 2.75) is 26.1 Å². The Morgan fingerprint density at radius 3 is 2.18 bits per heavy atom. The molecule has 0 aliphatic rings.